The molecule has 1 amide bonds. The van der Waals surface area contributed by atoms with Crippen LogP contribution in [0.3, 0.4) is 0 Å². The fraction of sp³-hybridized carbons (Fsp3) is 0.241. The van der Waals surface area contributed by atoms with Gasteiger partial charge >= 0.3 is 0 Å². The smallest absolute Gasteiger partial charge is 0.256 e. The molecule has 2 aromatic carbocycles. The van der Waals surface area contributed by atoms with E-state index in [1.165, 1.54) is 5.56 Å². The highest BCUT2D eigenvalue weighted by Gasteiger charge is 2.10. The van der Waals surface area contributed by atoms with Gasteiger partial charge in [-0.2, -0.15) is 0 Å². The van der Waals surface area contributed by atoms with Gasteiger partial charge in [-0.1, -0.05) is 73.4 Å². The Morgan fingerprint density at radius 3 is 2.61 bits per heavy atom. The van der Waals surface area contributed by atoms with E-state index in [0.717, 1.165) is 50.2 Å². The second-order valence-corrected chi connectivity index (χ2v) is 9.24. The van der Waals surface area contributed by atoms with E-state index in [0.29, 0.717) is 5.56 Å². The number of pyridine rings is 1. The van der Waals surface area contributed by atoms with Crippen molar-refractivity contribution in [1.82, 2.24) is 10.3 Å². The molecule has 0 saturated carbocycles. The molecule has 0 atom stereocenters. The molecule has 1 heterocycles. The fourth-order valence-electron chi connectivity index (χ4n) is 3.29. The molecule has 0 fully saturated rings. The lowest BCUT2D eigenvalue weighted by molar-refractivity contribution is 0.0968. The summed E-state index contributed by atoms with van der Waals surface area (Å²) in [5, 5.41) is 6.13. The average Bonchev–Trinajstić information content (AvgIpc) is 2.82. The number of nitrogens with zero attached hydrogens (tertiary/aromatic N) is 1. The van der Waals surface area contributed by atoms with Gasteiger partial charge in [0.15, 0.2) is 0 Å². The molecule has 0 saturated heterocycles. The van der Waals surface area contributed by atoms with Crippen molar-refractivity contribution in [2.75, 3.05) is 0 Å². The van der Waals surface area contributed by atoms with Gasteiger partial charge in [-0.15, -0.1) is 0 Å². The zero-order valence-electron chi connectivity index (χ0n) is 20.0. The summed E-state index contributed by atoms with van der Waals surface area (Å²) in [7, 11) is 0. The van der Waals surface area contributed by atoms with Crippen molar-refractivity contribution in [2.24, 2.45) is 0 Å². The van der Waals surface area contributed by atoms with Crippen LogP contribution in [0.25, 0.3) is 10.8 Å². The lowest BCUT2D eigenvalue weighted by atomic mass is 10.0. The number of thioether (sulfide) groups is 1. The predicted molar refractivity (Wildman–Crippen MR) is 141 cm³/mol. The van der Waals surface area contributed by atoms with E-state index in [1.807, 2.05) is 57.3 Å². The van der Waals surface area contributed by atoms with Crippen LogP contribution < -0.4 is 5.32 Å². The Hall–Kier alpha value is -3.29. The van der Waals surface area contributed by atoms with Crippen LogP contribution in [0.1, 0.15) is 66.2 Å². The van der Waals surface area contributed by atoms with Crippen LogP contribution in [0.15, 0.2) is 70.9 Å². The van der Waals surface area contributed by atoms with Gasteiger partial charge in [0.1, 0.15) is 0 Å². The van der Waals surface area contributed by atoms with Crippen LogP contribution in [-0.4, -0.2) is 10.9 Å². The Labute approximate surface area is 201 Å². The molecule has 0 radical (unpaired) electrons. The lowest BCUT2D eigenvalue weighted by Gasteiger charge is -2.11. The Balaban J connectivity index is 1.89. The zero-order valence-corrected chi connectivity index (χ0v) is 20.8. The molecule has 0 unspecified atom stereocenters. The molecule has 1 N–H and O–H groups in total. The number of amides is 1. The molecule has 3 aromatic rings. The summed E-state index contributed by atoms with van der Waals surface area (Å²) in [6.45, 7) is 10.3. The van der Waals surface area contributed by atoms with Gasteiger partial charge in [0, 0.05) is 34.3 Å². The van der Waals surface area contributed by atoms with Crippen molar-refractivity contribution in [3.8, 4) is 11.8 Å². The third-order valence-corrected chi connectivity index (χ3v) is 6.43. The van der Waals surface area contributed by atoms with Crippen LogP contribution in [0.5, 0.6) is 0 Å². The Kier molecular flexibility index (Phi) is 8.52. The second kappa shape index (κ2) is 11.5. The molecule has 0 spiro atoms. The minimum Gasteiger partial charge on any atom is -0.317 e. The van der Waals surface area contributed by atoms with Crippen LogP contribution in [0.2, 0.25) is 0 Å². The van der Waals surface area contributed by atoms with Crippen LogP contribution in [0, 0.1) is 25.7 Å². The largest absolute Gasteiger partial charge is 0.317 e. The van der Waals surface area contributed by atoms with E-state index >= 15 is 0 Å². The number of fused-ring (bicyclic) bond motifs is 1. The van der Waals surface area contributed by atoms with Gasteiger partial charge in [0.25, 0.3) is 5.91 Å². The van der Waals surface area contributed by atoms with E-state index in [-0.39, 0.29) is 5.91 Å². The maximum atomic E-state index is 13.0. The molecule has 4 heteroatoms. The quantitative estimate of drug-likeness (QED) is 0.398. The maximum Gasteiger partial charge on any atom is 0.256 e. The first-order valence-electron chi connectivity index (χ1n) is 11.2. The Bertz CT molecular complexity index is 1290. The number of carbonyl (C=O) groups is 1. The highest BCUT2D eigenvalue weighted by molar-refractivity contribution is 8.06. The summed E-state index contributed by atoms with van der Waals surface area (Å²) >= 11 is 1.58. The first kappa shape index (κ1) is 24.4. The van der Waals surface area contributed by atoms with Gasteiger partial charge in [-0.3, -0.25) is 9.78 Å². The number of aromatic nitrogens is 1. The van der Waals surface area contributed by atoms with E-state index in [2.05, 4.69) is 54.2 Å². The molecule has 0 aliphatic heterocycles. The first-order valence-corrected chi connectivity index (χ1v) is 12.0. The minimum absolute atomic E-state index is 0.126. The van der Waals surface area contributed by atoms with Crippen molar-refractivity contribution >= 4 is 28.4 Å². The number of hydrogen-bond acceptors (Lipinski definition) is 3. The van der Waals surface area contributed by atoms with E-state index in [4.69, 9.17) is 0 Å². The van der Waals surface area contributed by atoms with Crippen molar-refractivity contribution in [2.45, 2.75) is 47.5 Å². The Morgan fingerprint density at radius 1 is 1.06 bits per heavy atom. The number of nitrogens with one attached hydrogen (secondary N) is 1. The Morgan fingerprint density at radius 2 is 1.85 bits per heavy atom. The normalized spacial score (nSPS) is 11.8. The number of aryl methyl sites for hydroxylation is 2. The van der Waals surface area contributed by atoms with E-state index in [9.17, 15) is 4.79 Å². The fourth-order valence-corrected chi connectivity index (χ4v) is 4.09. The standard InChI is InChI=1S/C29H30N2OS/c1-6-8-12-28(33-22(5)7-2)31-29(32)24-14-13-20(3)23(17-24)15-16-25-18-30-19-27-21(4)10-9-11-26(25)27/h7,9-14,17-19H,6,8H2,1-5H3,(H,31,32)/b22-7-,28-12+. The predicted octanol–water partition coefficient (Wildman–Crippen LogP) is 7.28. The second-order valence-electron chi connectivity index (χ2n) is 7.95. The van der Waals surface area contributed by atoms with Gasteiger partial charge < -0.3 is 5.32 Å². The highest BCUT2D eigenvalue weighted by Crippen LogP contribution is 2.24. The average molecular weight is 455 g/mol. The summed E-state index contributed by atoms with van der Waals surface area (Å²) in [5.41, 5.74) is 4.52. The van der Waals surface area contributed by atoms with Crippen LogP contribution in [0.4, 0.5) is 0 Å². The van der Waals surface area contributed by atoms with Gasteiger partial charge in [-0.05, 0) is 62.3 Å². The lowest BCUT2D eigenvalue weighted by Crippen LogP contribution is -2.21. The molecule has 3 rings (SSSR count). The van der Waals surface area contributed by atoms with E-state index in [1.54, 1.807) is 18.0 Å². The van der Waals surface area contributed by atoms with Crippen molar-refractivity contribution in [1.29, 1.82) is 0 Å². The monoisotopic (exact) mass is 454 g/mol. The van der Waals surface area contributed by atoms with Gasteiger partial charge in [-0.25, -0.2) is 0 Å². The SMILES string of the molecule is C/C=C(/C)S/C(=C/CCC)NC(=O)c1ccc(C)c(C#Cc2cncc3c(C)cccc23)c1. The number of carbonyl (C=O) groups excluding carboxylic acids is 1. The molecular weight excluding hydrogens is 424 g/mol. The van der Waals surface area contributed by atoms with Crippen molar-refractivity contribution in [3.63, 3.8) is 0 Å². The number of benzene rings is 2. The maximum absolute atomic E-state index is 13.0. The van der Waals surface area contributed by atoms with Gasteiger partial charge in [0.05, 0.1) is 10.6 Å². The number of allylic oxidation sites excluding steroid dienone is 3. The first-order chi connectivity index (χ1) is 15.9. The zero-order chi connectivity index (χ0) is 23.8. The summed E-state index contributed by atoms with van der Waals surface area (Å²) in [5.74, 6) is 6.41. The third-order valence-electron chi connectivity index (χ3n) is 5.39. The van der Waals surface area contributed by atoms with Crippen LogP contribution >= 0.6 is 11.8 Å². The summed E-state index contributed by atoms with van der Waals surface area (Å²) in [6.07, 6.45) is 9.75. The highest BCUT2D eigenvalue weighted by atomic mass is 32.2. The van der Waals surface area contributed by atoms with Gasteiger partial charge in [0.2, 0.25) is 0 Å². The molecular formula is C29H30N2OS. The molecule has 0 aliphatic carbocycles. The number of rotatable bonds is 6. The molecule has 0 bridgehead atoms. The molecule has 3 nitrogen and oxygen atoms in total. The van der Waals surface area contributed by atoms with Crippen molar-refractivity contribution < 1.29 is 4.79 Å². The third kappa shape index (κ3) is 6.37. The summed E-state index contributed by atoms with van der Waals surface area (Å²) in [6, 6.07) is 11.8. The molecule has 0 aliphatic rings. The summed E-state index contributed by atoms with van der Waals surface area (Å²) < 4.78 is 0. The van der Waals surface area contributed by atoms with E-state index < -0.39 is 0 Å². The minimum atomic E-state index is -0.126. The van der Waals surface area contributed by atoms with Crippen molar-refractivity contribution in [3.05, 3.63) is 98.7 Å². The number of hydrogen-bond donors (Lipinski definition) is 1. The number of unbranched alkanes of at least 4 members (excludes halogenated alkanes) is 1. The van der Waals surface area contributed by atoms with Crippen LogP contribution in [-0.2, 0) is 0 Å². The molecule has 33 heavy (non-hydrogen) atoms. The molecule has 1 aromatic heterocycles. The molecule has 168 valence electrons. The summed E-state index contributed by atoms with van der Waals surface area (Å²) in [4.78, 5) is 18.5. The topological polar surface area (TPSA) is 42.0 Å².